The zero-order valence-electron chi connectivity index (χ0n) is 14.8. The summed E-state index contributed by atoms with van der Waals surface area (Å²) in [6.07, 6.45) is 0.748. The van der Waals surface area contributed by atoms with Gasteiger partial charge in [-0.25, -0.2) is 8.42 Å². The highest BCUT2D eigenvalue weighted by Crippen LogP contribution is 2.27. The Morgan fingerprint density at radius 2 is 1.50 bits per heavy atom. The van der Waals surface area contributed by atoms with Gasteiger partial charge in [0.1, 0.15) is 0 Å². The molecule has 2 aromatic carbocycles. The number of nitrogens with zero attached hydrogens (tertiary/aromatic N) is 1. The van der Waals surface area contributed by atoms with E-state index in [4.69, 9.17) is 23.2 Å². The predicted octanol–water partition coefficient (Wildman–Crippen LogP) is 4.59. The topological polar surface area (TPSA) is 57.6 Å². The van der Waals surface area contributed by atoms with Crippen molar-refractivity contribution in [1.29, 1.82) is 0 Å². The molecule has 4 nitrogen and oxygen atoms in total. The lowest BCUT2D eigenvalue weighted by atomic mass is 9.99. The maximum Gasteiger partial charge on any atom is 0.243 e. The SMILES string of the molecule is CC[C@H](C)[C@@H](CO)N(Cc1ccc(Cl)cc1)S(=O)(=O)c1ccc(Cl)cc1. The summed E-state index contributed by atoms with van der Waals surface area (Å²) in [6, 6.07) is 12.6. The number of benzene rings is 2. The van der Waals surface area contributed by atoms with Gasteiger partial charge >= 0.3 is 0 Å². The molecule has 0 saturated carbocycles. The zero-order valence-corrected chi connectivity index (χ0v) is 17.1. The molecule has 0 bridgehead atoms. The lowest BCUT2D eigenvalue weighted by Crippen LogP contribution is -2.45. The van der Waals surface area contributed by atoms with Gasteiger partial charge in [0.05, 0.1) is 17.5 Å². The summed E-state index contributed by atoms with van der Waals surface area (Å²) in [7, 11) is -3.81. The van der Waals surface area contributed by atoms with Crippen molar-refractivity contribution in [2.24, 2.45) is 5.92 Å². The maximum absolute atomic E-state index is 13.3. The van der Waals surface area contributed by atoms with Gasteiger partial charge in [-0.3, -0.25) is 0 Å². The fraction of sp³-hybridized carbons (Fsp3) is 0.368. The number of aliphatic hydroxyl groups is 1. The van der Waals surface area contributed by atoms with E-state index in [1.54, 1.807) is 36.4 Å². The van der Waals surface area contributed by atoms with Gasteiger partial charge in [0, 0.05) is 16.6 Å². The van der Waals surface area contributed by atoms with Crippen LogP contribution in [0.2, 0.25) is 10.0 Å². The van der Waals surface area contributed by atoms with Crippen LogP contribution >= 0.6 is 23.2 Å². The van der Waals surface area contributed by atoms with E-state index in [0.29, 0.717) is 10.0 Å². The number of sulfonamides is 1. The summed E-state index contributed by atoms with van der Waals surface area (Å²) in [6.45, 7) is 3.81. The second-order valence-corrected chi connectivity index (χ2v) is 9.03. The van der Waals surface area contributed by atoms with Crippen LogP contribution in [0.15, 0.2) is 53.4 Å². The van der Waals surface area contributed by atoms with Gasteiger partial charge in [-0.2, -0.15) is 4.31 Å². The smallest absolute Gasteiger partial charge is 0.243 e. The molecule has 0 amide bonds. The first-order valence-corrected chi connectivity index (χ1v) is 10.6. The van der Waals surface area contributed by atoms with E-state index >= 15 is 0 Å². The molecule has 1 N–H and O–H groups in total. The van der Waals surface area contributed by atoms with Crippen LogP contribution in [-0.4, -0.2) is 30.5 Å². The number of rotatable bonds is 8. The van der Waals surface area contributed by atoms with Crippen LogP contribution in [-0.2, 0) is 16.6 Å². The molecule has 0 spiro atoms. The molecule has 0 aliphatic carbocycles. The molecule has 2 atom stereocenters. The van der Waals surface area contributed by atoms with Crippen molar-refractivity contribution in [3.8, 4) is 0 Å². The molecule has 142 valence electrons. The highest BCUT2D eigenvalue weighted by Gasteiger charge is 2.33. The number of hydrogen-bond acceptors (Lipinski definition) is 3. The fourth-order valence-corrected chi connectivity index (χ4v) is 4.67. The summed E-state index contributed by atoms with van der Waals surface area (Å²) < 4.78 is 27.9. The van der Waals surface area contributed by atoms with Crippen molar-refractivity contribution in [1.82, 2.24) is 4.31 Å². The highest BCUT2D eigenvalue weighted by atomic mass is 35.5. The summed E-state index contributed by atoms with van der Waals surface area (Å²) in [4.78, 5) is 0.151. The first-order valence-electron chi connectivity index (χ1n) is 8.42. The van der Waals surface area contributed by atoms with Gasteiger partial charge in [-0.15, -0.1) is 0 Å². The van der Waals surface area contributed by atoms with Crippen LogP contribution in [0.5, 0.6) is 0 Å². The van der Waals surface area contributed by atoms with E-state index in [1.807, 2.05) is 13.8 Å². The third kappa shape index (κ3) is 4.99. The van der Waals surface area contributed by atoms with Crippen LogP contribution in [0.4, 0.5) is 0 Å². The number of halogens is 2. The molecule has 0 aromatic heterocycles. The fourth-order valence-electron chi connectivity index (χ4n) is 2.72. The monoisotopic (exact) mass is 415 g/mol. The molecule has 0 aliphatic heterocycles. The normalized spacial score (nSPS) is 14.4. The Bertz CT molecular complexity index is 808. The summed E-state index contributed by atoms with van der Waals surface area (Å²) >= 11 is 11.8. The molecule has 0 heterocycles. The molecular formula is C19H23Cl2NO3S. The van der Waals surface area contributed by atoms with E-state index in [9.17, 15) is 13.5 Å². The van der Waals surface area contributed by atoms with E-state index in [0.717, 1.165) is 12.0 Å². The Labute approximate surface area is 165 Å². The van der Waals surface area contributed by atoms with Crippen molar-refractivity contribution in [2.75, 3.05) is 6.61 Å². The minimum absolute atomic E-state index is 0.00521. The Kier molecular flexibility index (Phi) is 7.50. The lowest BCUT2D eigenvalue weighted by molar-refractivity contribution is 0.139. The second kappa shape index (κ2) is 9.20. The van der Waals surface area contributed by atoms with Crippen LogP contribution in [0, 0.1) is 5.92 Å². The summed E-state index contributed by atoms with van der Waals surface area (Å²) in [5, 5.41) is 11.0. The van der Waals surface area contributed by atoms with Crippen molar-refractivity contribution >= 4 is 33.2 Å². The Balaban J connectivity index is 2.47. The van der Waals surface area contributed by atoms with Gasteiger partial charge < -0.3 is 5.11 Å². The molecule has 26 heavy (non-hydrogen) atoms. The molecule has 0 saturated heterocycles. The summed E-state index contributed by atoms with van der Waals surface area (Å²) in [5.41, 5.74) is 0.800. The zero-order chi connectivity index (χ0) is 19.3. The van der Waals surface area contributed by atoms with Gasteiger partial charge in [0.15, 0.2) is 0 Å². The predicted molar refractivity (Wildman–Crippen MR) is 106 cm³/mol. The average molecular weight is 416 g/mol. The Morgan fingerprint density at radius 1 is 1.00 bits per heavy atom. The quantitative estimate of drug-likeness (QED) is 0.685. The largest absolute Gasteiger partial charge is 0.395 e. The molecule has 2 aromatic rings. The van der Waals surface area contributed by atoms with Crippen LogP contribution in [0.25, 0.3) is 0 Å². The van der Waals surface area contributed by atoms with Crippen molar-refractivity contribution in [3.63, 3.8) is 0 Å². The van der Waals surface area contributed by atoms with Gasteiger partial charge in [0.2, 0.25) is 10.0 Å². The van der Waals surface area contributed by atoms with E-state index < -0.39 is 16.1 Å². The molecule has 7 heteroatoms. The molecule has 0 aliphatic rings. The van der Waals surface area contributed by atoms with E-state index in [1.165, 1.54) is 16.4 Å². The molecule has 0 unspecified atom stereocenters. The Morgan fingerprint density at radius 3 is 1.96 bits per heavy atom. The van der Waals surface area contributed by atoms with Crippen LogP contribution in [0.1, 0.15) is 25.8 Å². The molecule has 0 fully saturated rings. The molecule has 2 rings (SSSR count). The third-order valence-electron chi connectivity index (χ3n) is 4.53. The minimum Gasteiger partial charge on any atom is -0.395 e. The first kappa shape index (κ1) is 21.2. The lowest BCUT2D eigenvalue weighted by Gasteiger charge is -2.33. The number of hydrogen-bond donors (Lipinski definition) is 1. The highest BCUT2D eigenvalue weighted by molar-refractivity contribution is 7.89. The Hall–Kier alpha value is -1.11. The van der Waals surface area contributed by atoms with Crippen molar-refractivity contribution < 1.29 is 13.5 Å². The minimum atomic E-state index is -3.81. The van der Waals surface area contributed by atoms with E-state index in [2.05, 4.69) is 0 Å². The van der Waals surface area contributed by atoms with Gasteiger partial charge in [0.25, 0.3) is 0 Å². The average Bonchev–Trinajstić information content (AvgIpc) is 2.63. The third-order valence-corrected chi connectivity index (χ3v) is 6.92. The molecule has 0 radical (unpaired) electrons. The van der Waals surface area contributed by atoms with Crippen molar-refractivity contribution in [2.45, 2.75) is 37.8 Å². The van der Waals surface area contributed by atoms with Gasteiger partial charge in [-0.1, -0.05) is 55.6 Å². The number of aliphatic hydroxyl groups excluding tert-OH is 1. The van der Waals surface area contributed by atoms with Crippen LogP contribution < -0.4 is 0 Å². The summed E-state index contributed by atoms with van der Waals surface area (Å²) in [5.74, 6) is -0.00521. The second-order valence-electron chi connectivity index (χ2n) is 6.27. The first-order chi connectivity index (χ1) is 12.3. The van der Waals surface area contributed by atoms with Gasteiger partial charge in [-0.05, 0) is 47.9 Å². The standard InChI is InChI=1S/C19H23Cl2NO3S/c1-3-14(2)19(13-23)22(12-15-4-6-16(20)7-5-15)26(24,25)18-10-8-17(21)9-11-18/h4-11,14,19,23H,3,12-13H2,1-2H3/t14-,19+/m0/s1. The molecular weight excluding hydrogens is 393 g/mol. The van der Waals surface area contributed by atoms with Crippen molar-refractivity contribution in [3.05, 3.63) is 64.1 Å². The van der Waals surface area contributed by atoms with Crippen LogP contribution in [0.3, 0.4) is 0 Å². The maximum atomic E-state index is 13.3. The van der Waals surface area contributed by atoms with E-state index in [-0.39, 0.29) is 24.0 Å².